The lowest BCUT2D eigenvalue weighted by atomic mass is 10.0. The van der Waals surface area contributed by atoms with Crippen LogP contribution in [0.2, 0.25) is 0 Å². The summed E-state index contributed by atoms with van der Waals surface area (Å²) >= 11 is 0. The molecule has 1 aliphatic heterocycles. The molecule has 1 amide bonds. The van der Waals surface area contributed by atoms with Crippen LogP contribution >= 0.6 is 0 Å². The number of piperidine rings is 1. The lowest BCUT2D eigenvalue weighted by Gasteiger charge is -2.34. The Morgan fingerprint density at radius 2 is 1.96 bits per heavy atom. The molecule has 0 aromatic heterocycles. The first-order valence-corrected chi connectivity index (χ1v) is 8.72. The van der Waals surface area contributed by atoms with Gasteiger partial charge in [0.15, 0.2) is 11.6 Å². The monoisotopic (exact) mass is 359 g/mol. The van der Waals surface area contributed by atoms with E-state index in [1.165, 1.54) is 6.07 Å². The van der Waals surface area contributed by atoms with Crippen molar-refractivity contribution < 1.29 is 13.6 Å². The Morgan fingerprint density at radius 1 is 1.15 bits per heavy atom. The summed E-state index contributed by atoms with van der Waals surface area (Å²) in [6, 6.07) is 11.3. The zero-order chi connectivity index (χ0) is 18.7. The van der Waals surface area contributed by atoms with E-state index in [0.29, 0.717) is 24.3 Å². The first kappa shape index (κ1) is 18.2. The molecule has 4 nitrogen and oxygen atoms in total. The summed E-state index contributed by atoms with van der Waals surface area (Å²) in [5.41, 5.74) is 2.16. The van der Waals surface area contributed by atoms with E-state index in [4.69, 9.17) is 0 Å². The number of carbonyl (C=O) groups excluding carboxylic acids is 1. The van der Waals surface area contributed by atoms with Crippen LogP contribution in [0.4, 0.5) is 20.2 Å². The molecule has 1 fully saturated rings. The van der Waals surface area contributed by atoms with E-state index in [0.717, 1.165) is 30.7 Å². The minimum absolute atomic E-state index is 0.00881. The Morgan fingerprint density at radius 3 is 2.69 bits per heavy atom. The average Bonchev–Trinajstić information content (AvgIpc) is 2.64. The molecule has 0 bridgehead atoms. The average molecular weight is 359 g/mol. The van der Waals surface area contributed by atoms with Crippen LogP contribution in [-0.2, 0) is 0 Å². The number of likely N-dealkylation sites (tertiary alicyclic amines) is 1. The summed E-state index contributed by atoms with van der Waals surface area (Å²) in [6.45, 7) is 1.23. The highest BCUT2D eigenvalue weighted by molar-refractivity contribution is 5.95. The van der Waals surface area contributed by atoms with Gasteiger partial charge in [0.05, 0.1) is 0 Å². The predicted octanol–water partition coefficient (Wildman–Crippen LogP) is 3.75. The minimum Gasteiger partial charge on any atom is -0.380 e. The van der Waals surface area contributed by atoms with Gasteiger partial charge in [-0.2, -0.15) is 0 Å². The second kappa shape index (κ2) is 7.72. The Bertz CT molecular complexity index is 794. The number of hydrogen-bond donors (Lipinski definition) is 1. The fourth-order valence-electron chi connectivity index (χ4n) is 3.20. The molecule has 1 unspecified atom stereocenters. The van der Waals surface area contributed by atoms with Crippen LogP contribution < -0.4 is 10.2 Å². The van der Waals surface area contributed by atoms with Gasteiger partial charge in [0.2, 0.25) is 0 Å². The van der Waals surface area contributed by atoms with Crippen molar-refractivity contribution in [3.8, 4) is 0 Å². The summed E-state index contributed by atoms with van der Waals surface area (Å²) in [4.78, 5) is 16.6. The van der Waals surface area contributed by atoms with Gasteiger partial charge in [-0.15, -0.1) is 0 Å². The molecule has 1 aliphatic rings. The van der Waals surface area contributed by atoms with Gasteiger partial charge in [-0.05, 0) is 43.2 Å². The minimum atomic E-state index is -0.876. The molecule has 0 aliphatic carbocycles. The third-order valence-corrected chi connectivity index (χ3v) is 4.61. The number of hydrogen-bond acceptors (Lipinski definition) is 3. The van der Waals surface area contributed by atoms with E-state index in [9.17, 15) is 13.6 Å². The first-order valence-electron chi connectivity index (χ1n) is 8.72. The fraction of sp³-hybridized carbons (Fsp3) is 0.350. The maximum atomic E-state index is 13.4. The number of halogens is 2. The number of nitrogens with zero attached hydrogens (tertiary/aromatic N) is 2. The third-order valence-electron chi connectivity index (χ3n) is 4.61. The highest BCUT2D eigenvalue weighted by atomic mass is 19.2. The molecule has 1 saturated heterocycles. The van der Waals surface area contributed by atoms with E-state index in [2.05, 4.69) is 5.32 Å². The quantitative estimate of drug-likeness (QED) is 0.903. The highest BCUT2D eigenvalue weighted by Gasteiger charge is 2.25. The Hall–Kier alpha value is -2.63. The van der Waals surface area contributed by atoms with Crippen molar-refractivity contribution in [1.29, 1.82) is 0 Å². The van der Waals surface area contributed by atoms with Crippen molar-refractivity contribution in [1.82, 2.24) is 4.90 Å². The summed E-state index contributed by atoms with van der Waals surface area (Å²) in [7, 11) is 3.87. The maximum Gasteiger partial charge on any atom is 0.253 e. The standard InChI is InChI=1S/C20H23F2N3O/c1-24(2)17-7-3-5-14(11-17)20(26)25-10-4-6-16(13-25)23-15-8-9-18(21)19(22)12-15/h3,5,7-9,11-12,16,23H,4,6,10,13H2,1-2H3. The summed E-state index contributed by atoms with van der Waals surface area (Å²) in [5.74, 6) is -1.75. The van der Waals surface area contributed by atoms with E-state index in [1.807, 2.05) is 48.2 Å². The van der Waals surface area contributed by atoms with Gasteiger partial charge in [-0.25, -0.2) is 8.78 Å². The molecule has 0 radical (unpaired) electrons. The normalized spacial score (nSPS) is 17.1. The number of nitrogens with one attached hydrogen (secondary N) is 1. The van der Waals surface area contributed by atoms with Crippen LogP contribution in [0.15, 0.2) is 42.5 Å². The molecule has 2 aromatic carbocycles. The summed E-state index contributed by atoms with van der Waals surface area (Å²) in [5, 5.41) is 3.21. The zero-order valence-electron chi connectivity index (χ0n) is 15.0. The van der Waals surface area contributed by atoms with Gasteiger partial charge in [-0.3, -0.25) is 4.79 Å². The van der Waals surface area contributed by atoms with Crippen LogP contribution in [0.3, 0.4) is 0 Å². The Kier molecular flexibility index (Phi) is 5.40. The second-order valence-electron chi connectivity index (χ2n) is 6.81. The van der Waals surface area contributed by atoms with Gasteiger partial charge in [0, 0.05) is 56.2 Å². The smallest absolute Gasteiger partial charge is 0.253 e. The van der Waals surface area contributed by atoms with E-state index in [-0.39, 0.29) is 11.9 Å². The Balaban J connectivity index is 1.68. The molecule has 138 valence electrons. The van der Waals surface area contributed by atoms with Gasteiger partial charge in [0.25, 0.3) is 5.91 Å². The summed E-state index contributed by atoms with van der Waals surface area (Å²) < 4.78 is 26.4. The largest absolute Gasteiger partial charge is 0.380 e. The molecule has 6 heteroatoms. The van der Waals surface area contributed by atoms with Crippen molar-refractivity contribution in [3.63, 3.8) is 0 Å². The molecule has 3 rings (SSSR count). The van der Waals surface area contributed by atoms with E-state index < -0.39 is 11.6 Å². The SMILES string of the molecule is CN(C)c1cccc(C(=O)N2CCCC(Nc3ccc(F)c(F)c3)C2)c1. The van der Waals surface area contributed by atoms with Crippen LogP contribution in [0.25, 0.3) is 0 Å². The molecule has 0 saturated carbocycles. The van der Waals surface area contributed by atoms with Crippen molar-refractivity contribution in [2.75, 3.05) is 37.4 Å². The van der Waals surface area contributed by atoms with Gasteiger partial charge >= 0.3 is 0 Å². The predicted molar refractivity (Wildman–Crippen MR) is 99.7 cm³/mol. The third kappa shape index (κ3) is 4.12. The lowest BCUT2D eigenvalue weighted by molar-refractivity contribution is 0.0715. The van der Waals surface area contributed by atoms with Crippen LogP contribution in [0, 0.1) is 11.6 Å². The van der Waals surface area contributed by atoms with Gasteiger partial charge in [-0.1, -0.05) is 6.07 Å². The fourth-order valence-corrected chi connectivity index (χ4v) is 3.20. The lowest BCUT2D eigenvalue weighted by Crippen LogP contribution is -2.45. The van der Waals surface area contributed by atoms with Crippen LogP contribution in [0.1, 0.15) is 23.2 Å². The number of carbonyl (C=O) groups is 1. The molecule has 0 spiro atoms. The number of benzene rings is 2. The van der Waals surface area contributed by atoms with E-state index in [1.54, 1.807) is 0 Å². The second-order valence-corrected chi connectivity index (χ2v) is 6.81. The molecule has 1 atom stereocenters. The van der Waals surface area contributed by atoms with Crippen molar-refractivity contribution in [3.05, 3.63) is 59.7 Å². The van der Waals surface area contributed by atoms with Crippen LogP contribution in [0.5, 0.6) is 0 Å². The zero-order valence-corrected chi connectivity index (χ0v) is 15.0. The topological polar surface area (TPSA) is 35.6 Å². The van der Waals surface area contributed by atoms with Crippen LogP contribution in [-0.4, -0.2) is 44.0 Å². The van der Waals surface area contributed by atoms with Crippen molar-refractivity contribution >= 4 is 17.3 Å². The summed E-state index contributed by atoms with van der Waals surface area (Å²) in [6.07, 6.45) is 1.74. The molecular formula is C20H23F2N3O. The maximum absolute atomic E-state index is 13.4. The number of amides is 1. The van der Waals surface area contributed by atoms with Gasteiger partial charge in [0.1, 0.15) is 0 Å². The van der Waals surface area contributed by atoms with E-state index >= 15 is 0 Å². The highest BCUT2D eigenvalue weighted by Crippen LogP contribution is 2.21. The Labute approximate surface area is 152 Å². The van der Waals surface area contributed by atoms with Crippen molar-refractivity contribution in [2.45, 2.75) is 18.9 Å². The molecule has 1 heterocycles. The first-order chi connectivity index (χ1) is 12.4. The molecular weight excluding hydrogens is 336 g/mol. The molecule has 1 N–H and O–H groups in total. The molecule has 26 heavy (non-hydrogen) atoms. The van der Waals surface area contributed by atoms with Gasteiger partial charge < -0.3 is 15.1 Å². The molecule has 2 aromatic rings. The van der Waals surface area contributed by atoms with Crippen molar-refractivity contribution in [2.24, 2.45) is 0 Å². The number of anilines is 2. The number of rotatable bonds is 4.